The first kappa shape index (κ1) is 4.20. The third-order valence-corrected chi connectivity index (χ3v) is 0.145. The molecule has 0 aliphatic carbocycles. The predicted molar refractivity (Wildman–Crippen MR) is 15.7 cm³/mol. The maximum atomic E-state index is 7.46. The molecule has 0 rings (SSSR count). The molecule has 0 radical (unpaired) electrons. The van der Waals surface area contributed by atoms with Gasteiger partial charge in [0.05, 0.1) is 0 Å². The highest BCUT2D eigenvalue weighted by molar-refractivity contribution is 3.94. The largest absolute Gasteiger partial charge is 0.393 e. The van der Waals surface area contributed by atoms with Crippen LogP contribution in [-0.4, -0.2) is 12.3 Å². The third-order valence-electron chi connectivity index (χ3n) is 0.145. The van der Waals surface area contributed by atoms with Gasteiger partial charge >= 0.3 is 0 Å². The Morgan fingerprint density at radius 3 is 2.40 bits per heavy atom. The quantitative estimate of drug-likeness (QED) is 0.339. The second-order valence-corrected chi connectivity index (χ2v) is 0.413. The first-order valence-corrected chi connectivity index (χ1v) is 1.12. The minimum absolute atomic E-state index is 1.54. The molecule has 0 fully saturated rings. The van der Waals surface area contributed by atoms with Crippen LogP contribution < -0.4 is 5.43 Å². The van der Waals surface area contributed by atoms with Crippen molar-refractivity contribution in [3.63, 3.8) is 0 Å². The van der Waals surface area contributed by atoms with Crippen molar-refractivity contribution >= 4 is 0 Å². The third kappa shape index (κ3) is 3.20. The van der Waals surface area contributed by atoms with E-state index in [1.165, 1.54) is 0 Å². The molecule has 30 valence electrons. The van der Waals surface area contributed by atoms with E-state index in [2.05, 4.69) is 15.9 Å². The van der Waals surface area contributed by atoms with E-state index in [9.17, 15) is 0 Å². The van der Waals surface area contributed by atoms with Gasteiger partial charge in [0.2, 0.25) is 0 Å². The Kier molecular flexibility index (Phi) is 2.69. The zero-order valence-corrected chi connectivity index (χ0v) is 2.84. The van der Waals surface area contributed by atoms with E-state index in [1.807, 2.05) is 0 Å². The Labute approximate surface area is 29.5 Å². The zero-order valence-electron chi connectivity index (χ0n) is 2.84. The smallest absolute Gasteiger partial charge is 0.0427 e. The molecule has 0 saturated heterocycles. The van der Waals surface area contributed by atoms with E-state index in [4.69, 9.17) is 5.21 Å². The molecule has 0 bridgehead atoms. The average molecular weight is 75.1 g/mol. The van der Waals surface area contributed by atoms with Gasteiger partial charge in [-0.1, -0.05) is 0 Å². The molecule has 0 heterocycles. The highest BCUT2D eigenvalue weighted by Gasteiger charge is 1.47. The summed E-state index contributed by atoms with van der Waals surface area (Å²) < 4.78 is 0. The van der Waals surface area contributed by atoms with Gasteiger partial charge in [0.1, 0.15) is 0 Å². The van der Waals surface area contributed by atoms with E-state index >= 15 is 0 Å². The van der Waals surface area contributed by atoms with Gasteiger partial charge in [-0.2, -0.15) is 0 Å². The fourth-order valence-corrected chi connectivity index (χ4v) is 0.0447. The van der Waals surface area contributed by atoms with E-state index in [-0.39, 0.29) is 0 Å². The normalized spacial score (nSPS) is 9.00. The first-order valence-electron chi connectivity index (χ1n) is 1.12. The molecule has 0 aromatic rings. The van der Waals surface area contributed by atoms with Gasteiger partial charge in [-0.05, 0) is 5.22 Å². The van der Waals surface area contributed by atoms with Gasteiger partial charge in [0, 0.05) is 12.3 Å². The summed E-state index contributed by atoms with van der Waals surface area (Å²) >= 11 is 0. The van der Waals surface area contributed by atoms with Crippen LogP contribution in [0.2, 0.25) is 0 Å². The van der Waals surface area contributed by atoms with Crippen molar-refractivity contribution in [3.8, 4) is 0 Å². The van der Waals surface area contributed by atoms with Crippen molar-refractivity contribution < 1.29 is 5.21 Å². The summed E-state index contributed by atoms with van der Waals surface area (Å²) in [7, 11) is 1.54. The van der Waals surface area contributed by atoms with Crippen molar-refractivity contribution in [1.82, 2.24) is 5.43 Å². The van der Waals surface area contributed by atoms with E-state index in [0.29, 0.717) is 0 Å². The van der Waals surface area contributed by atoms with Gasteiger partial charge in [0.15, 0.2) is 0 Å². The summed E-state index contributed by atoms with van der Waals surface area (Å²) in [6.07, 6.45) is 0. The maximum absolute atomic E-state index is 7.46. The van der Waals surface area contributed by atoms with Crippen LogP contribution in [0.15, 0.2) is 10.5 Å². The average Bonchev–Trinajstić information content (AvgIpc) is 1.41. The molecule has 0 aliphatic rings. The van der Waals surface area contributed by atoms with Crippen LogP contribution in [-0.2, 0) is 0 Å². The molecule has 0 saturated carbocycles. The summed E-state index contributed by atoms with van der Waals surface area (Å²) in [4.78, 5) is 0. The standard InChI is InChI=1S/CH5N3O/c1-2-3-4-5/h1H3,(H,2,4)(H,3,5). The lowest BCUT2D eigenvalue weighted by atomic mass is 11.5. The molecule has 4 heteroatoms. The molecule has 0 aliphatic heterocycles. The molecule has 0 spiro atoms. The fraction of sp³-hybridized carbons (Fsp3) is 1.00. The molecular weight excluding hydrogens is 70.0 g/mol. The van der Waals surface area contributed by atoms with Gasteiger partial charge in [-0.15, -0.1) is 0 Å². The summed E-state index contributed by atoms with van der Waals surface area (Å²) in [6, 6.07) is 0. The van der Waals surface area contributed by atoms with E-state index in [0.717, 1.165) is 0 Å². The van der Waals surface area contributed by atoms with Crippen molar-refractivity contribution in [2.75, 3.05) is 7.05 Å². The summed E-state index contributed by atoms with van der Waals surface area (Å²) in [5.41, 5.74) is 2.23. The molecular formula is CH5N3O. The second kappa shape index (κ2) is 3.20. The van der Waals surface area contributed by atoms with Crippen LogP contribution in [0.3, 0.4) is 0 Å². The first-order chi connectivity index (χ1) is 2.41. The van der Waals surface area contributed by atoms with Crippen LogP contribution in [0.5, 0.6) is 0 Å². The molecule has 0 aromatic heterocycles. The Bertz CT molecular complexity index is 33.9. The summed E-state index contributed by atoms with van der Waals surface area (Å²) in [5, 5.41) is 12.7. The highest BCUT2D eigenvalue weighted by atomic mass is 16.5. The number of nitrogens with zero attached hydrogens (tertiary/aromatic N) is 2. The topological polar surface area (TPSA) is 57.0 Å². The molecule has 0 aromatic carbocycles. The maximum Gasteiger partial charge on any atom is 0.0427 e. The van der Waals surface area contributed by atoms with Crippen LogP contribution in [0, 0.1) is 0 Å². The Morgan fingerprint density at radius 1 is 1.80 bits per heavy atom. The molecule has 4 nitrogen and oxygen atoms in total. The minimum Gasteiger partial charge on any atom is -0.393 e. The zero-order chi connectivity index (χ0) is 4.12. The molecule has 0 atom stereocenters. The Morgan fingerprint density at radius 2 is 2.40 bits per heavy atom. The summed E-state index contributed by atoms with van der Waals surface area (Å²) in [6.45, 7) is 0. The molecule has 2 N–H and O–H groups in total. The monoisotopic (exact) mass is 75.0 g/mol. The predicted octanol–water partition coefficient (Wildman–Crippen LogP) is -0.0378. The van der Waals surface area contributed by atoms with Crippen molar-refractivity contribution in [3.05, 3.63) is 0 Å². The van der Waals surface area contributed by atoms with Crippen LogP contribution >= 0.6 is 0 Å². The van der Waals surface area contributed by atoms with Crippen LogP contribution in [0.4, 0.5) is 0 Å². The number of hydrogen-bond acceptors (Lipinski definition) is 2. The molecule has 0 amide bonds. The number of hydrogen-bond donors (Lipinski definition) is 2. The lowest BCUT2D eigenvalue weighted by Gasteiger charge is -1.72. The molecule has 0 unspecified atom stereocenters. The lowest BCUT2D eigenvalue weighted by molar-refractivity contribution is 0.274. The SMILES string of the molecule is CNN=NO. The van der Waals surface area contributed by atoms with E-state index < -0.39 is 0 Å². The van der Waals surface area contributed by atoms with Crippen LogP contribution in [0.1, 0.15) is 0 Å². The van der Waals surface area contributed by atoms with Crippen molar-refractivity contribution in [2.24, 2.45) is 10.5 Å². The van der Waals surface area contributed by atoms with Crippen molar-refractivity contribution in [1.29, 1.82) is 0 Å². The van der Waals surface area contributed by atoms with Gasteiger partial charge in [-0.3, -0.25) is 5.43 Å². The Balaban J connectivity index is 2.62. The highest BCUT2D eigenvalue weighted by Crippen LogP contribution is 1.49. The lowest BCUT2D eigenvalue weighted by Crippen LogP contribution is -1.88. The fourth-order valence-electron chi connectivity index (χ4n) is 0.0447. The van der Waals surface area contributed by atoms with E-state index in [1.54, 1.807) is 7.05 Å². The summed E-state index contributed by atoms with van der Waals surface area (Å²) in [5.74, 6) is 0. The van der Waals surface area contributed by atoms with Gasteiger partial charge in [0.25, 0.3) is 0 Å². The number of nitrogens with one attached hydrogen (secondary N) is 1. The van der Waals surface area contributed by atoms with Gasteiger partial charge in [-0.25, -0.2) is 0 Å². The Hall–Kier alpha value is -0.800. The molecule has 5 heavy (non-hydrogen) atoms. The van der Waals surface area contributed by atoms with Gasteiger partial charge < -0.3 is 5.21 Å². The second-order valence-electron chi connectivity index (χ2n) is 0.413. The van der Waals surface area contributed by atoms with Crippen molar-refractivity contribution in [2.45, 2.75) is 0 Å². The minimum atomic E-state index is 1.54. The van der Waals surface area contributed by atoms with Crippen LogP contribution in [0.25, 0.3) is 0 Å². The number of rotatable bonds is 1.